The van der Waals surface area contributed by atoms with Gasteiger partial charge in [0.15, 0.2) is 5.58 Å². The standard InChI is InChI=1S/C16H14N2O3/c17-15(10-2-4-13-9(7-10)5-6-20-13)11-1-3-12-14(8-11)21-16(19)18-12/h1-4,7-8,15H,5-6,17H2,(H,18,19). The third kappa shape index (κ3) is 2.02. The summed E-state index contributed by atoms with van der Waals surface area (Å²) in [5, 5.41) is 0. The van der Waals surface area contributed by atoms with Crippen LogP contribution in [0, 0.1) is 0 Å². The molecule has 21 heavy (non-hydrogen) atoms. The van der Waals surface area contributed by atoms with E-state index in [1.165, 1.54) is 5.56 Å². The highest BCUT2D eigenvalue weighted by molar-refractivity contribution is 5.73. The summed E-state index contributed by atoms with van der Waals surface area (Å²) >= 11 is 0. The van der Waals surface area contributed by atoms with Gasteiger partial charge in [-0.25, -0.2) is 4.79 Å². The topological polar surface area (TPSA) is 81.2 Å². The van der Waals surface area contributed by atoms with Crippen molar-refractivity contribution in [2.75, 3.05) is 6.61 Å². The zero-order chi connectivity index (χ0) is 14.4. The van der Waals surface area contributed by atoms with E-state index >= 15 is 0 Å². The van der Waals surface area contributed by atoms with Gasteiger partial charge in [-0.1, -0.05) is 18.2 Å². The zero-order valence-corrected chi connectivity index (χ0v) is 11.3. The first-order chi connectivity index (χ1) is 10.2. The molecule has 2 aromatic carbocycles. The molecule has 3 N–H and O–H groups in total. The monoisotopic (exact) mass is 282 g/mol. The number of hydrogen-bond acceptors (Lipinski definition) is 4. The van der Waals surface area contributed by atoms with Crippen molar-refractivity contribution in [3.63, 3.8) is 0 Å². The van der Waals surface area contributed by atoms with Crippen molar-refractivity contribution in [2.45, 2.75) is 12.5 Å². The van der Waals surface area contributed by atoms with Gasteiger partial charge in [-0.3, -0.25) is 4.98 Å². The highest BCUT2D eigenvalue weighted by atomic mass is 16.5. The molecule has 0 bridgehead atoms. The van der Waals surface area contributed by atoms with E-state index < -0.39 is 5.76 Å². The number of aromatic nitrogens is 1. The minimum Gasteiger partial charge on any atom is -0.493 e. The fraction of sp³-hybridized carbons (Fsp3) is 0.188. The lowest BCUT2D eigenvalue weighted by Crippen LogP contribution is -2.11. The zero-order valence-electron chi connectivity index (χ0n) is 11.3. The molecule has 4 rings (SSSR count). The van der Waals surface area contributed by atoms with Crippen LogP contribution in [-0.4, -0.2) is 11.6 Å². The van der Waals surface area contributed by atoms with Gasteiger partial charge in [-0.05, 0) is 34.9 Å². The average molecular weight is 282 g/mol. The molecule has 0 aliphatic carbocycles. The molecule has 1 aliphatic heterocycles. The van der Waals surface area contributed by atoms with E-state index in [9.17, 15) is 4.79 Å². The maximum atomic E-state index is 11.2. The number of hydrogen-bond donors (Lipinski definition) is 2. The Balaban J connectivity index is 1.75. The number of nitrogens with one attached hydrogen (secondary N) is 1. The smallest absolute Gasteiger partial charge is 0.417 e. The second-order valence-corrected chi connectivity index (χ2v) is 5.21. The minimum absolute atomic E-state index is 0.263. The molecule has 0 radical (unpaired) electrons. The van der Waals surface area contributed by atoms with Gasteiger partial charge < -0.3 is 14.9 Å². The Morgan fingerprint density at radius 2 is 1.95 bits per heavy atom. The van der Waals surface area contributed by atoms with Gasteiger partial charge in [0.05, 0.1) is 18.2 Å². The molecule has 1 unspecified atom stereocenters. The lowest BCUT2D eigenvalue weighted by atomic mass is 9.97. The molecule has 1 aliphatic rings. The van der Waals surface area contributed by atoms with Crippen LogP contribution in [0.4, 0.5) is 0 Å². The van der Waals surface area contributed by atoms with Gasteiger partial charge in [-0.15, -0.1) is 0 Å². The van der Waals surface area contributed by atoms with Gasteiger partial charge in [0, 0.05) is 6.42 Å². The maximum Gasteiger partial charge on any atom is 0.417 e. The number of benzene rings is 2. The van der Waals surface area contributed by atoms with Crippen molar-refractivity contribution in [1.29, 1.82) is 0 Å². The number of aromatic amines is 1. The summed E-state index contributed by atoms with van der Waals surface area (Å²) in [6.07, 6.45) is 0.918. The van der Waals surface area contributed by atoms with E-state index in [0.717, 1.165) is 29.9 Å². The van der Waals surface area contributed by atoms with E-state index in [1.54, 1.807) is 0 Å². The first kappa shape index (κ1) is 12.2. The van der Waals surface area contributed by atoms with Crippen LogP contribution in [0.15, 0.2) is 45.6 Å². The Morgan fingerprint density at radius 1 is 1.14 bits per heavy atom. The van der Waals surface area contributed by atoms with Gasteiger partial charge in [0.1, 0.15) is 5.75 Å². The molecular formula is C16H14N2O3. The summed E-state index contributed by atoms with van der Waals surface area (Å²) < 4.78 is 10.6. The lowest BCUT2D eigenvalue weighted by molar-refractivity contribution is 0.357. The second kappa shape index (κ2) is 4.49. The van der Waals surface area contributed by atoms with E-state index in [4.69, 9.17) is 14.9 Å². The summed E-state index contributed by atoms with van der Waals surface area (Å²) in [7, 11) is 0. The highest BCUT2D eigenvalue weighted by Gasteiger charge is 2.16. The van der Waals surface area contributed by atoms with Crippen molar-refractivity contribution in [1.82, 2.24) is 4.98 Å². The van der Waals surface area contributed by atoms with Gasteiger partial charge in [0.25, 0.3) is 0 Å². The third-order valence-electron chi connectivity index (χ3n) is 3.88. The highest BCUT2D eigenvalue weighted by Crippen LogP contribution is 2.30. The summed E-state index contributed by atoms with van der Waals surface area (Å²) in [4.78, 5) is 13.8. The molecule has 0 fully saturated rings. The van der Waals surface area contributed by atoms with Crippen LogP contribution in [0.1, 0.15) is 22.7 Å². The number of rotatable bonds is 2. The predicted molar refractivity (Wildman–Crippen MR) is 78.5 cm³/mol. The van der Waals surface area contributed by atoms with Crippen molar-refractivity contribution >= 4 is 11.1 Å². The molecule has 1 atom stereocenters. The molecule has 0 amide bonds. The fourth-order valence-corrected chi connectivity index (χ4v) is 2.75. The number of nitrogens with two attached hydrogens (primary N) is 1. The van der Waals surface area contributed by atoms with E-state index in [2.05, 4.69) is 11.1 Å². The first-order valence-corrected chi connectivity index (χ1v) is 6.85. The van der Waals surface area contributed by atoms with Gasteiger partial charge in [0.2, 0.25) is 0 Å². The largest absolute Gasteiger partial charge is 0.493 e. The molecule has 1 aromatic heterocycles. The molecule has 5 nitrogen and oxygen atoms in total. The summed E-state index contributed by atoms with van der Waals surface area (Å²) in [6, 6.07) is 11.3. The van der Waals surface area contributed by atoms with Crippen LogP contribution in [0.5, 0.6) is 5.75 Å². The van der Waals surface area contributed by atoms with Crippen LogP contribution in [0.3, 0.4) is 0 Å². The molecule has 3 aromatic rings. The lowest BCUT2D eigenvalue weighted by Gasteiger charge is -2.13. The molecule has 0 saturated heterocycles. The normalized spacial score (nSPS) is 14.9. The Labute approximate surface area is 120 Å². The predicted octanol–water partition coefficient (Wildman–Crippen LogP) is 2.10. The Hall–Kier alpha value is -2.53. The van der Waals surface area contributed by atoms with Crippen molar-refractivity contribution in [3.05, 3.63) is 63.6 Å². The summed E-state index contributed by atoms with van der Waals surface area (Å²) in [5.74, 6) is 0.489. The van der Waals surface area contributed by atoms with Gasteiger partial charge >= 0.3 is 5.76 Å². The van der Waals surface area contributed by atoms with Gasteiger partial charge in [-0.2, -0.15) is 0 Å². The van der Waals surface area contributed by atoms with Crippen LogP contribution in [0.2, 0.25) is 0 Å². The summed E-state index contributed by atoms with van der Waals surface area (Å²) in [6.45, 7) is 0.731. The van der Waals surface area contributed by atoms with Crippen LogP contribution in [0.25, 0.3) is 11.1 Å². The third-order valence-corrected chi connectivity index (χ3v) is 3.88. The second-order valence-electron chi connectivity index (χ2n) is 5.21. The maximum absolute atomic E-state index is 11.2. The fourth-order valence-electron chi connectivity index (χ4n) is 2.75. The number of ether oxygens (including phenoxy) is 1. The quantitative estimate of drug-likeness (QED) is 0.754. The van der Waals surface area contributed by atoms with Crippen molar-refractivity contribution in [3.8, 4) is 5.75 Å². The Bertz CT molecular complexity index is 879. The molecule has 0 spiro atoms. The number of H-pyrrole nitrogens is 1. The van der Waals surface area contributed by atoms with E-state index in [0.29, 0.717) is 11.1 Å². The first-order valence-electron chi connectivity index (χ1n) is 6.85. The SMILES string of the molecule is NC(c1ccc2c(c1)CCO2)c1ccc2[nH]c(=O)oc2c1. The van der Waals surface area contributed by atoms with E-state index in [-0.39, 0.29) is 6.04 Å². The van der Waals surface area contributed by atoms with Crippen LogP contribution in [-0.2, 0) is 6.42 Å². The number of oxazole rings is 1. The van der Waals surface area contributed by atoms with Crippen molar-refractivity contribution < 1.29 is 9.15 Å². The molecular weight excluding hydrogens is 268 g/mol. The van der Waals surface area contributed by atoms with E-state index in [1.807, 2.05) is 30.3 Å². The summed E-state index contributed by atoms with van der Waals surface area (Å²) in [5.41, 5.74) is 10.7. The average Bonchev–Trinajstić information content (AvgIpc) is 3.09. The Kier molecular flexibility index (Phi) is 2.62. The molecule has 106 valence electrons. The molecule has 0 saturated carbocycles. The molecule has 2 heterocycles. The van der Waals surface area contributed by atoms with Crippen LogP contribution < -0.4 is 16.2 Å². The molecule has 5 heteroatoms. The Morgan fingerprint density at radius 3 is 2.86 bits per heavy atom. The minimum atomic E-state index is -0.453. The number of fused-ring (bicyclic) bond motifs is 2. The van der Waals surface area contributed by atoms with Crippen molar-refractivity contribution in [2.24, 2.45) is 5.73 Å². The van der Waals surface area contributed by atoms with Crippen LogP contribution >= 0.6 is 0 Å².